The van der Waals surface area contributed by atoms with Crippen LogP contribution in [0.2, 0.25) is 0 Å². The van der Waals surface area contributed by atoms with Gasteiger partial charge in [0.15, 0.2) is 0 Å². The van der Waals surface area contributed by atoms with Crippen LogP contribution >= 0.6 is 11.8 Å². The normalized spacial score (nSPS) is 25.1. The third-order valence-corrected chi connectivity index (χ3v) is 5.86. The number of allylic oxidation sites excluding steroid dienone is 2. The molecule has 98 valence electrons. The number of fused-ring (bicyclic) bond motifs is 4. The standard InChI is InChI=1S/C18H15NS/c1-2-9-16-15(8-1)19-11-12-5-3-6-13(12)14-7-4-10-17(20-16)18(14)19/h1-4,6-10,12-13H,5,11H2/t12-,13-/m0/s1. The molecule has 1 aliphatic carbocycles. The zero-order valence-corrected chi connectivity index (χ0v) is 11.9. The summed E-state index contributed by atoms with van der Waals surface area (Å²) in [7, 11) is 0. The van der Waals surface area contributed by atoms with E-state index in [1.807, 2.05) is 11.8 Å². The number of nitrogens with zero attached hydrogens (tertiary/aromatic N) is 1. The molecule has 2 atom stereocenters. The average molecular weight is 277 g/mol. The predicted octanol–water partition coefficient (Wildman–Crippen LogP) is 4.96. The van der Waals surface area contributed by atoms with Gasteiger partial charge in [-0.05, 0) is 36.1 Å². The molecular weight excluding hydrogens is 262 g/mol. The summed E-state index contributed by atoms with van der Waals surface area (Å²) in [5, 5.41) is 0. The van der Waals surface area contributed by atoms with Crippen molar-refractivity contribution in [1.29, 1.82) is 0 Å². The summed E-state index contributed by atoms with van der Waals surface area (Å²) in [4.78, 5) is 5.37. The Morgan fingerprint density at radius 1 is 1.00 bits per heavy atom. The van der Waals surface area contributed by atoms with Crippen LogP contribution in [0.1, 0.15) is 17.9 Å². The fourth-order valence-electron chi connectivity index (χ4n) is 3.86. The quantitative estimate of drug-likeness (QED) is 0.626. The Hall–Kier alpha value is -1.67. The second-order valence-corrected chi connectivity index (χ2v) is 6.91. The molecular formula is C18H15NS. The number of benzene rings is 2. The van der Waals surface area contributed by atoms with Gasteiger partial charge in [-0.3, -0.25) is 0 Å². The minimum absolute atomic E-state index is 0.632. The van der Waals surface area contributed by atoms with Crippen LogP contribution in [-0.4, -0.2) is 6.54 Å². The minimum atomic E-state index is 0.632. The molecule has 2 aromatic rings. The fourth-order valence-corrected chi connectivity index (χ4v) is 5.00. The predicted molar refractivity (Wildman–Crippen MR) is 84.0 cm³/mol. The van der Waals surface area contributed by atoms with Gasteiger partial charge in [-0.1, -0.05) is 48.2 Å². The molecule has 0 fully saturated rings. The van der Waals surface area contributed by atoms with Gasteiger partial charge in [0.2, 0.25) is 0 Å². The molecule has 5 rings (SSSR count). The first kappa shape index (κ1) is 11.0. The molecule has 0 aromatic heterocycles. The molecule has 0 amide bonds. The molecule has 0 radical (unpaired) electrons. The van der Waals surface area contributed by atoms with Crippen molar-refractivity contribution in [3.63, 3.8) is 0 Å². The van der Waals surface area contributed by atoms with Gasteiger partial charge in [-0.15, -0.1) is 0 Å². The molecule has 3 aliphatic rings. The van der Waals surface area contributed by atoms with Crippen LogP contribution in [0, 0.1) is 5.92 Å². The summed E-state index contributed by atoms with van der Waals surface area (Å²) < 4.78 is 0. The Morgan fingerprint density at radius 2 is 1.90 bits per heavy atom. The van der Waals surface area contributed by atoms with Gasteiger partial charge < -0.3 is 4.90 Å². The zero-order valence-electron chi connectivity index (χ0n) is 11.1. The van der Waals surface area contributed by atoms with E-state index in [2.05, 4.69) is 59.5 Å². The lowest BCUT2D eigenvalue weighted by Gasteiger charge is -2.42. The summed E-state index contributed by atoms with van der Waals surface area (Å²) in [6, 6.07) is 15.6. The third-order valence-electron chi connectivity index (χ3n) is 4.74. The molecule has 0 spiro atoms. The Kier molecular flexibility index (Phi) is 2.16. The highest BCUT2D eigenvalue weighted by Crippen LogP contribution is 2.55. The third kappa shape index (κ3) is 1.35. The maximum atomic E-state index is 2.56. The number of para-hydroxylation sites is 2. The highest BCUT2D eigenvalue weighted by molar-refractivity contribution is 7.99. The van der Waals surface area contributed by atoms with E-state index in [9.17, 15) is 0 Å². The fraction of sp³-hybridized carbons (Fsp3) is 0.222. The van der Waals surface area contributed by atoms with E-state index in [1.54, 1.807) is 0 Å². The first-order valence-corrected chi connectivity index (χ1v) is 8.07. The summed E-state index contributed by atoms with van der Waals surface area (Å²) >= 11 is 1.92. The molecule has 1 nitrogen and oxygen atoms in total. The summed E-state index contributed by atoms with van der Waals surface area (Å²) in [6.45, 7) is 1.15. The van der Waals surface area contributed by atoms with E-state index in [1.165, 1.54) is 33.2 Å². The summed E-state index contributed by atoms with van der Waals surface area (Å²) in [5.74, 6) is 1.38. The van der Waals surface area contributed by atoms with Gasteiger partial charge in [0.1, 0.15) is 0 Å². The van der Waals surface area contributed by atoms with Crippen molar-refractivity contribution in [2.45, 2.75) is 22.1 Å². The highest BCUT2D eigenvalue weighted by atomic mass is 32.2. The molecule has 0 unspecified atom stereocenters. The lowest BCUT2D eigenvalue weighted by atomic mass is 9.83. The van der Waals surface area contributed by atoms with Crippen LogP contribution in [-0.2, 0) is 0 Å². The van der Waals surface area contributed by atoms with Crippen molar-refractivity contribution < 1.29 is 0 Å². The number of hydrogen-bond donors (Lipinski definition) is 0. The van der Waals surface area contributed by atoms with Gasteiger partial charge in [0.05, 0.1) is 11.4 Å². The van der Waals surface area contributed by atoms with Crippen molar-refractivity contribution in [3.8, 4) is 0 Å². The van der Waals surface area contributed by atoms with E-state index < -0.39 is 0 Å². The van der Waals surface area contributed by atoms with Crippen LogP contribution in [0.5, 0.6) is 0 Å². The lowest BCUT2D eigenvalue weighted by Crippen LogP contribution is -2.34. The number of rotatable bonds is 0. The van der Waals surface area contributed by atoms with Crippen molar-refractivity contribution in [1.82, 2.24) is 0 Å². The van der Waals surface area contributed by atoms with Gasteiger partial charge in [0, 0.05) is 22.3 Å². The van der Waals surface area contributed by atoms with Crippen LogP contribution in [0.3, 0.4) is 0 Å². The van der Waals surface area contributed by atoms with Gasteiger partial charge in [0.25, 0.3) is 0 Å². The van der Waals surface area contributed by atoms with Crippen LogP contribution in [0.15, 0.2) is 64.4 Å². The maximum absolute atomic E-state index is 2.56. The Morgan fingerprint density at radius 3 is 2.90 bits per heavy atom. The monoisotopic (exact) mass is 277 g/mol. The molecule has 2 aliphatic heterocycles. The lowest BCUT2D eigenvalue weighted by molar-refractivity contribution is 0.494. The van der Waals surface area contributed by atoms with Crippen molar-refractivity contribution in [3.05, 3.63) is 60.2 Å². The zero-order chi connectivity index (χ0) is 13.1. The van der Waals surface area contributed by atoms with Gasteiger partial charge >= 0.3 is 0 Å². The van der Waals surface area contributed by atoms with Gasteiger partial charge in [-0.25, -0.2) is 0 Å². The molecule has 0 N–H and O–H groups in total. The number of hydrogen-bond acceptors (Lipinski definition) is 2. The van der Waals surface area contributed by atoms with Crippen LogP contribution < -0.4 is 4.90 Å². The summed E-state index contributed by atoms with van der Waals surface area (Å²) in [6.07, 6.45) is 6.01. The molecule has 0 saturated carbocycles. The van der Waals surface area contributed by atoms with Crippen molar-refractivity contribution >= 4 is 23.1 Å². The first-order valence-electron chi connectivity index (χ1n) is 7.26. The SMILES string of the molecule is C1=C[C@@H]2c3cccc4c3N(C[C@@H]2C1)c1ccccc1S4. The second kappa shape index (κ2) is 3.92. The Labute approximate surface area is 123 Å². The minimum Gasteiger partial charge on any atom is -0.339 e. The number of anilines is 2. The molecule has 2 heteroatoms. The highest BCUT2D eigenvalue weighted by Gasteiger charge is 2.38. The van der Waals surface area contributed by atoms with E-state index in [0.29, 0.717) is 5.92 Å². The largest absolute Gasteiger partial charge is 0.339 e. The molecule has 0 bridgehead atoms. The second-order valence-electron chi connectivity index (χ2n) is 5.82. The van der Waals surface area contributed by atoms with E-state index >= 15 is 0 Å². The van der Waals surface area contributed by atoms with E-state index in [-0.39, 0.29) is 0 Å². The molecule has 2 heterocycles. The summed E-state index contributed by atoms with van der Waals surface area (Å²) in [5.41, 5.74) is 4.38. The molecule has 20 heavy (non-hydrogen) atoms. The van der Waals surface area contributed by atoms with Gasteiger partial charge in [-0.2, -0.15) is 0 Å². The van der Waals surface area contributed by atoms with Crippen LogP contribution in [0.25, 0.3) is 0 Å². The van der Waals surface area contributed by atoms with E-state index in [0.717, 1.165) is 12.5 Å². The Bertz CT molecular complexity index is 734. The average Bonchev–Trinajstić information content (AvgIpc) is 2.96. The van der Waals surface area contributed by atoms with Crippen molar-refractivity contribution in [2.75, 3.05) is 11.4 Å². The molecule has 0 saturated heterocycles. The van der Waals surface area contributed by atoms with Crippen LogP contribution in [0.4, 0.5) is 11.4 Å². The first-order chi connectivity index (χ1) is 9.92. The Balaban J connectivity index is 1.78. The molecule has 2 aromatic carbocycles. The smallest absolute Gasteiger partial charge is 0.0591 e. The topological polar surface area (TPSA) is 3.24 Å². The van der Waals surface area contributed by atoms with Crippen molar-refractivity contribution in [2.24, 2.45) is 5.92 Å². The maximum Gasteiger partial charge on any atom is 0.0591 e. The van der Waals surface area contributed by atoms with E-state index in [4.69, 9.17) is 0 Å².